The van der Waals surface area contributed by atoms with Gasteiger partial charge in [-0.05, 0) is 40.9 Å². The van der Waals surface area contributed by atoms with Crippen molar-refractivity contribution in [2.45, 2.75) is 18.1 Å². The van der Waals surface area contributed by atoms with Gasteiger partial charge >= 0.3 is 0 Å². The van der Waals surface area contributed by atoms with Crippen LogP contribution >= 0.6 is 15.9 Å². The minimum absolute atomic E-state index is 0.169. The monoisotopic (exact) mass is 332 g/mol. The van der Waals surface area contributed by atoms with Crippen LogP contribution in [-0.4, -0.2) is 36.9 Å². The molecule has 0 radical (unpaired) electrons. The third kappa shape index (κ3) is 2.89. The van der Waals surface area contributed by atoms with Gasteiger partial charge in [0.05, 0.1) is 16.6 Å². The van der Waals surface area contributed by atoms with Crippen molar-refractivity contribution in [1.29, 1.82) is 0 Å². The molecule has 1 aliphatic heterocycles. The zero-order valence-electron chi connectivity index (χ0n) is 9.60. The minimum atomic E-state index is -3.02. The highest BCUT2D eigenvalue weighted by Crippen LogP contribution is 2.19. The lowest BCUT2D eigenvalue weighted by Gasteiger charge is -2.11. The topological polar surface area (TPSA) is 76.1 Å². The number of amides is 1. The van der Waals surface area contributed by atoms with E-state index in [1.807, 2.05) is 0 Å². The molecule has 1 atom stereocenters. The average Bonchev–Trinajstić information content (AvgIpc) is 2.66. The van der Waals surface area contributed by atoms with E-state index >= 15 is 0 Å². The van der Waals surface area contributed by atoms with Crippen molar-refractivity contribution in [2.75, 3.05) is 12.3 Å². The second kappa shape index (κ2) is 5.36. The summed E-state index contributed by atoms with van der Waals surface area (Å²) in [6.07, 6.45) is 2.87. The predicted molar refractivity (Wildman–Crippen MR) is 71.1 cm³/mol. The standard InChI is InChI=1S/C11H13BrN2O3S/c12-10-9(4-1-5-13-10)11(15)14-7-8-3-2-6-18(8,16)17/h1,4-5,8H,2-3,6-7H2,(H,14,15). The van der Waals surface area contributed by atoms with Crippen molar-refractivity contribution in [3.05, 3.63) is 28.5 Å². The van der Waals surface area contributed by atoms with Crippen molar-refractivity contribution >= 4 is 31.7 Å². The molecule has 1 saturated heterocycles. The van der Waals surface area contributed by atoms with Crippen molar-refractivity contribution in [3.63, 3.8) is 0 Å². The van der Waals surface area contributed by atoms with Crippen LogP contribution in [0.5, 0.6) is 0 Å². The first-order valence-electron chi connectivity index (χ1n) is 5.61. The maximum Gasteiger partial charge on any atom is 0.254 e. The molecule has 1 aromatic heterocycles. The number of nitrogens with zero attached hydrogens (tertiary/aromatic N) is 1. The summed E-state index contributed by atoms with van der Waals surface area (Å²) in [6.45, 7) is 0.169. The van der Waals surface area contributed by atoms with Crippen LogP contribution in [0.2, 0.25) is 0 Å². The summed E-state index contributed by atoms with van der Waals surface area (Å²) in [6, 6.07) is 3.29. The fourth-order valence-electron chi connectivity index (χ4n) is 1.94. The lowest BCUT2D eigenvalue weighted by atomic mass is 10.2. The van der Waals surface area contributed by atoms with E-state index in [1.165, 1.54) is 0 Å². The maximum absolute atomic E-state index is 11.9. The number of halogens is 1. The zero-order chi connectivity index (χ0) is 13.2. The molecule has 0 bridgehead atoms. The van der Waals surface area contributed by atoms with E-state index in [9.17, 15) is 13.2 Å². The SMILES string of the molecule is O=C(NCC1CCCS1(=O)=O)c1cccnc1Br. The van der Waals surface area contributed by atoms with Crippen LogP contribution in [0.1, 0.15) is 23.2 Å². The summed E-state index contributed by atoms with van der Waals surface area (Å²) in [5, 5.41) is 2.20. The van der Waals surface area contributed by atoms with E-state index in [-0.39, 0.29) is 18.2 Å². The van der Waals surface area contributed by atoms with Gasteiger partial charge in [-0.15, -0.1) is 0 Å². The summed E-state index contributed by atoms with van der Waals surface area (Å²) in [4.78, 5) is 15.8. The second-order valence-electron chi connectivity index (χ2n) is 4.18. The first-order chi connectivity index (χ1) is 8.50. The summed E-state index contributed by atoms with van der Waals surface area (Å²) in [7, 11) is -3.02. The molecule has 1 fully saturated rings. The highest BCUT2D eigenvalue weighted by Gasteiger charge is 2.31. The van der Waals surface area contributed by atoms with Gasteiger partial charge in [-0.3, -0.25) is 4.79 Å². The Morgan fingerprint density at radius 2 is 2.33 bits per heavy atom. The lowest BCUT2D eigenvalue weighted by Crippen LogP contribution is -2.34. The van der Waals surface area contributed by atoms with Crippen molar-refractivity contribution in [2.24, 2.45) is 0 Å². The Hall–Kier alpha value is -0.950. The van der Waals surface area contributed by atoms with Gasteiger partial charge in [0.1, 0.15) is 4.60 Å². The Labute approximate surface area is 114 Å². The largest absolute Gasteiger partial charge is 0.351 e. The molecule has 1 amide bonds. The van der Waals surface area contributed by atoms with Crippen molar-refractivity contribution in [3.8, 4) is 0 Å². The van der Waals surface area contributed by atoms with E-state index in [1.54, 1.807) is 18.3 Å². The molecular formula is C11H13BrN2O3S. The smallest absolute Gasteiger partial charge is 0.254 e. The quantitative estimate of drug-likeness (QED) is 0.842. The molecule has 0 aromatic carbocycles. The van der Waals surface area contributed by atoms with Crippen LogP contribution in [0.4, 0.5) is 0 Å². The number of carbonyl (C=O) groups excluding carboxylic acids is 1. The molecule has 2 rings (SSSR count). The van der Waals surface area contributed by atoms with Gasteiger partial charge in [-0.25, -0.2) is 13.4 Å². The molecule has 7 heteroatoms. The Balaban J connectivity index is 1.99. The molecule has 2 heterocycles. The number of rotatable bonds is 3. The molecule has 98 valence electrons. The summed E-state index contributed by atoms with van der Waals surface area (Å²) >= 11 is 3.18. The van der Waals surface area contributed by atoms with Crippen LogP contribution in [0.15, 0.2) is 22.9 Å². The Bertz CT molecular complexity index is 559. The predicted octanol–water partition coefficient (Wildman–Crippen LogP) is 1.15. The Morgan fingerprint density at radius 1 is 1.56 bits per heavy atom. The fourth-order valence-corrected chi connectivity index (χ4v) is 4.14. The third-order valence-corrected chi connectivity index (χ3v) is 5.86. The number of aromatic nitrogens is 1. The van der Waals surface area contributed by atoms with Crippen LogP contribution in [0.3, 0.4) is 0 Å². The lowest BCUT2D eigenvalue weighted by molar-refractivity contribution is 0.0952. The van der Waals surface area contributed by atoms with E-state index in [0.717, 1.165) is 0 Å². The number of carbonyl (C=O) groups is 1. The molecule has 18 heavy (non-hydrogen) atoms. The maximum atomic E-state index is 11.9. The first kappa shape index (κ1) is 13.5. The van der Waals surface area contributed by atoms with Gasteiger partial charge in [0.15, 0.2) is 9.84 Å². The van der Waals surface area contributed by atoms with Crippen LogP contribution < -0.4 is 5.32 Å². The first-order valence-corrected chi connectivity index (χ1v) is 8.12. The molecular weight excluding hydrogens is 320 g/mol. The highest BCUT2D eigenvalue weighted by atomic mass is 79.9. The Morgan fingerprint density at radius 3 is 2.94 bits per heavy atom. The average molecular weight is 333 g/mol. The van der Waals surface area contributed by atoms with Crippen LogP contribution in [0, 0.1) is 0 Å². The van der Waals surface area contributed by atoms with E-state index < -0.39 is 15.1 Å². The third-order valence-electron chi connectivity index (χ3n) is 2.96. The van der Waals surface area contributed by atoms with Gasteiger partial charge in [0.2, 0.25) is 0 Å². The molecule has 0 aliphatic carbocycles. The Kier molecular flexibility index (Phi) is 4.01. The zero-order valence-corrected chi connectivity index (χ0v) is 12.0. The molecule has 5 nitrogen and oxygen atoms in total. The molecule has 1 N–H and O–H groups in total. The molecule has 1 aliphatic rings. The van der Waals surface area contributed by atoms with Gasteiger partial charge in [0.25, 0.3) is 5.91 Å². The summed E-state index contributed by atoms with van der Waals surface area (Å²) < 4.78 is 23.7. The fraction of sp³-hybridized carbons (Fsp3) is 0.455. The molecule has 1 aromatic rings. The number of sulfone groups is 1. The summed E-state index contributed by atoms with van der Waals surface area (Å²) in [5.41, 5.74) is 0.410. The molecule has 1 unspecified atom stereocenters. The number of nitrogens with one attached hydrogen (secondary N) is 1. The van der Waals surface area contributed by atoms with Crippen LogP contribution in [0.25, 0.3) is 0 Å². The molecule has 0 saturated carbocycles. The van der Waals surface area contributed by atoms with E-state index in [2.05, 4.69) is 26.2 Å². The van der Waals surface area contributed by atoms with E-state index in [4.69, 9.17) is 0 Å². The second-order valence-corrected chi connectivity index (χ2v) is 7.33. The van der Waals surface area contributed by atoms with Gasteiger partial charge in [-0.2, -0.15) is 0 Å². The van der Waals surface area contributed by atoms with Gasteiger partial charge < -0.3 is 5.32 Å². The van der Waals surface area contributed by atoms with Crippen molar-refractivity contribution in [1.82, 2.24) is 10.3 Å². The number of hydrogen-bond acceptors (Lipinski definition) is 4. The van der Waals surface area contributed by atoms with E-state index in [0.29, 0.717) is 23.0 Å². The minimum Gasteiger partial charge on any atom is -0.351 e. The van der Waals surface area contributed by atoms with Gasteiger partial charge in [-0.1, -0.05) is 0 Å². The van der Waals surface area contributed by atoms with Gasteiger partial charge in [0, 0.05) is 12.7 Å². The summed E-state index contributed by atoms with van der Waals surface area (Å²) in [5.74, 6) is -0.0820. The number of hydrogen-bond donors (Lipinski definition) is 1. The van der Waals surface area contributed by atoms with Crippen LogP contribution in [-0.2, 0) is 9.84 Å². The normalized spacial score (nSPS) is 21.7. The molecule has 0 spiro atoms. The highest BCUT2D eigenvalue weighted by molar-refractivity contribution is 9.10. The number of pyridine rings is 1. The van der Waals surface area contributed by atoms with Crippen molar-refractivity contribution < 1.29 is 13.2 Å².